The summed E-state index contributed by atoms with van der Waals surface area (Å²) in [6, 6.07) is 13.2. The largest absolute Gasteiger partial charge is 0.493 e. The highest BCUT2D eigenvalue weighted by atomic mass is 32.2. The fourth-order valence-corrected chi connectivity index (χ4v) is 3.84. The van der Waals surface area contributed by atoms with Gasteiger partial charge in [-0.25, -0.2) is 5.01 Å². The van der Waals surface area contributed by atoms with E-state index in [1.165, 1.54) is 11.8 Å². The highest BCUT2D eigenvalue weighted by Gasteiger charge is 2.34. The summed E-state index contributed by atoms with van der Waals surface area (Å²) < 4.78 is 10.8. The van der Waals surface area contributed by atoms with Crippen LogP contribution in [0.3, 0.4) is 0 Å². The smallest absolute Gasteiger partial charge is 0.276 e. The van der Waals surface area contributed by atoms with Crippen LogP contribution in [0, 0.1) is 0 Å². The number of amidine groups is 1. The number of methoxy groups -OCH3 is 2. The van der Waals surface area contributed by atoms with E-state index in [1.54, 1.807) is 19.2 Å². The van der Waals surface area contributed by atoms with Gasteiger partial charge in [-0.3, -0.25) is 15.1 Å². The number of carbonyl (C=O) groups is 1. The zero-order valence-corrected chi connectivity index (χ0v) is 16.6. The maximum Gasteiger partial charge on any atom is 0.276 e. The standard InChI is InChI=1S/C20H20N4O3S/c1-4-28-20-22-19(25)17-13-7-5-6-8-14(13)21-18(24(17)23-20)12-9-10-15(26-2)16(11-12)27-3/h5-11,18H,4H2,1-3H3,(H,22,23,25)/t18-/m0/s1. The Morgan fingerprint density at radius 3 is 2.68 bits per heavy atom. The molecule has 1 N–H and O–H groups in total. The van der Waals surface area contributed by atoms with E-state index in [0.29, 0.717) is 22.4 Å². The number of fused-ring (bicyclic) bond motifs is 2. The predicted molar refractivity (Wildman–Crippen MR) is 108 cm³/mol. The van der Waals surface area contributed by atoms with Gasteiger partial charge in [0.2, 0.25) is 0 Å². The maximum absolute atomic E-state index is 12.9. The molecule has 0 fully saturated rings. The SMILES string of the molecule is CCSC1=NN2C(=c3ccccc3=N[C@@H]2c2ccc(OC)c(OC)c2)C(=O)N1. The van der Waals surface area contributed by atoms with E-state index in [-0.39, 0.29) is 5.91 Å². The average molecular weight is 396 g/mol. The first-order valence-corrected chi connectivity index (χ1v) is 9.86. The molecule has 1 amide bonds. The van der Waals surface area contributed by atoms with Crippen molar-refractivity contribution in [1.29, 1.82) is 0 Å². The number of hydrogen-bond donors (Lipinski definition) is 1. The molecule has 0 bridgehead atoms. The second-order valence-electron chi connectivity index (χ2n) is 6.12. The number of hydrogen-bond acceptors (Lipinski definition) is 7. The molecule has 0 saturated heterocycles. The van der Waals surface area contributed by atoms with Crippen LogP contribution in [-0.4, -0.2) is 36.1 Å². The molecule has 0 aromatic heterocycles. The van der Waals surface area contributed by atoms with Gasteiger partial charge in [0.05, 0.1) is 19.6 Å². The molecule has 2 aliphatic rings. The number of ether oxygens (including phenoxy) is 2. The van der Waals surface area contributed by atoms with E-state index >= 15 is 0 Å². The number of para-hydroxylation sites is 1. The minimum Gasteiger partial charge on any atom is -0.493 e. The zero-order valence-electron chi connectivity index (χ0n) is 15.8. The van der Waals surface area contributed by atoms with E-state index in [0.717, 1.165) is 21.9 Å². The number of thioether (sulfide) groups is 1. The molecule has 28 heavy (non-hydrogen) atoms. The lowest BCUT2D eigenvalue weighted by Crippen LogP contribution is -2.50. The van der Waals surface area contributed by atoms with E-state index in [1.807, 2.05) is 49.4 Å². The summed E-state index contributed by atoms with van der Waals surface area (Å²) in [6.45, 7) is 2.01. The third-order valence-corrected chi connectivity index (χ3v) is 5.25. The van der Waals surface area contributed by atoms with Crippen molar-refractivity contribution in [2.75, 3.05) is 20.0 Å². The van der Waals surface area contributed by atoms with Crippen molar-refractivity contribution in [3.8, 4) is 11.5 Å². The molecule has 4 rings (SSSR count). The van der Waals surface area contributed by atoms with E-state index in [4.69, 9.17) is 14.5 Å². The number of carbonyl (C=O) groups excluding carboxylic acids is 1. The Morgan fingerprint density at radius 2 is 1.93 bits per heavy atom. The van der Waals surface area contributed by atoms with Crippen molar-refractivity contribution < 1.29 is 14.3 Å². The summed E-state index contributed by atoms with van der Waals surface area (Å²) in [5.74, 6) is 1.86. The summed E-state index contributed by atoms with van der Waals surface area (Å²) in [5, 5.41) is 11.3. The number of benzene rings is 2. The van der Waals surface area contributed by atoms with Crippen LogP contribution >= 0.6 is 11.8 Å². The van der Waals surface area contributed by atoms with Crippen molar-refractivity contribution in [3.63, 3.8) is 0 Å². The monoisotopic (exact) mass is 396 g/mol. The van der Waals surface area contributed by atoms with E-state index in [9.17, 15) is 4.79 Å². The fraction of sp³-hybridized carbons (Fsp3) is 0.250. The topological polar surface area (TPSA) is 75.5 Å². The van der Waals surface area contributed by atoms with Gasteiger partial charge in [-0.05, 0) is 24.0 Å². The lowest BCUT2D eigenvalue weighted by molar-refractivity contribution is -0.116. The molecule has 0 saturated carbocycles. The molecule has 7 nitrogen and oxygen atoms in total. The van der Waals surface area contributed by atoms with Crippen LogP contribution in [0.4, 0.5) is 0 Å². The van der Waals surface area contributed by atoms with E-state index < -0.39 is 6.17 Å². The van der Waals surface area contributed by atoms with Crippen molar-refractivity contribution in [2.45, 2.75) is 13.1 Å². The molecular formula is C20H20N4O3S. The summed E-state index contributed by atoms with van der Waals surface area (Å²) in [5.41, 5.74) is 1.34. The third kappa shape index (κ3) is 3.09. The molecule has 0 aliphatic carbocycles. The molecule has 2 aromatic rings. The Morgan fingerprint density at radius 1 is 1.14 bits per heavy atom. The Bertz CT molecular complexity index is 1080. The normalized spacial score (nSPS) is 17.8. The summed E-state index contributed by atoms with van der Waals surface area (Å²) >= 11 is 1.48. The van der Waals surface area contributed by atoms with Crippen molar-refractivity contribution >= 4 is 28.5 Å². The molecule has 0 radical (unpaired) electrons. The van der Waals surface area contributed by atoms with Crippen LogP contribution in [0.25, 0.3) is 5.70 Å². The Labute approximate surface area is 166 Å². The maximum atomic E-state index is 12.9. The molecule has 1 atom stereocenters. The highest BCUT2D eigenvalue weighted by molar-refractivity contribution is 8.13. The lowest BCUT2D eigenvalue weighted by atomic mass is 10.1. The molecule has 8 heteroatoms. The molecule has 0 spiro atoms. The van der Waals surface area contributed by atoms with Gasteiger partial charge in [0.25, 0.3) is 5.91 Å². The number of nitrogens with zero attached hydrogens (tertiary/aromatic N) is 3. The molecule has 2 aromatic carbocycles. The predicted octanol–water partition coefficient (Wildman–Crippen LogP) is 1.60. The minimum atomic E-state index is -0.483. The first-order valence-electron chi connectivity index (χ1n) is 8.87. The molecular weight excluding hydrogens is 376 g/mol. The van der Waals surface area contributed by atoms with Gasteiger partial charge < -0.3 is 9.47 Å². The van der Waals surface area contributed by atoms with Crippen molar-refractivity contribution in [1.82, 2.24) is 10.3 Å². The number of amides is 1. The highest BCUT2D eigenvalue weighted by Crippen LogP contribution is 2.35. The minimum absolute atomic E-state index is 0.182. The summed E-state index contributed by atoms with van der Waals surface area (Å²) in [6.07, 6.45) is -0.483. The molecule has 0 unspecified atom stereocenters. The Balaban J connectivity index is 1.92. The average Bonchev–Trinajstić information content (AvgIpc) is 2.72. The number of rotatable bonds is 4. The van der Waals surface area contributed by atoms with Gasteiger partial charge in [0.15, 0.2) is 22.8 Å². The van der Waals surface area contributed by atoms with Crippen molar-refractivity contribution in [3.05, 3.63) is 58.6 Å². The lowest BCUT2D eigenvalue weighted by Gasteiger charge is -2.34. The van der Waals surface area contributed by atoms with Gasteiger partial charge in [-0.1, -0.05) is 43.0 Å². The molecule has 144 valence electrons. The van der Waals surface area contributed by atoms with Gasteiger partial charge >= 0.3 is 0 Å². The summed E-state index contributed by atoms with van der Waals surface area (Å²) in [4.78, 5) is 17.8. The van der Waals surface area contributed by atoms with Crippen LogP contribution < -0.4 is 25.4 Å². The number of hydrazone groups is 1. The second kappa shape index (κ2) is 7.55. The fourth-order valence-electron chi connectivity index (χ4n) is 3.26. The number of nitrogens with one attached hydrogen (secondary N) is 1. The van der Waals surface area contributed by atoms with Crippen LogP contribution in [-0.2, 0) is 4.79 Å². The second-order valence-corrected chi connectivity index (χ2v) is 7.37. The van der Waals surface area contributed by atoms with Crippen LogP contribution in [0.15, 0.2) is 52.6 Å². The van der Waals surface area contributed by atoms with Crippen molar-refractivity contribution in [2.24, 2.45) is 10.1 Å². The third-order valence-electron chi connectivity index (χ3n) is 4.50. The summed E-state index contributed by atoms with van der Waals surface area (Å²) in [7, 11) is 3.19. The van der Waals surface area contributed by atoms with Crippen LogP contribution in [0.5, 0.6) is 11.5 Å². The molecule has 2 aliphatic heterocycles. The Hall–Kier alpha value is -3.00. The van der Waals surface area contributed by atoms with Crippen LogP contribution in [0.1, 0.15) is 18.7 Å². The van der Waals surface area contributed by atoms with Gasteiger partial charge in [-0.15, -0.1) is 5.10 Å². The zero-order chi connectivity index (χ0) is 19.7. The van der Waals surface area contributed by atoms with Crippen LogP contribution in [0.2, 0.25) is 0 Å². The van der Waals surface area contributed by atoms with Gasteiger partial charge in [-0.2, -0.15) is 0 Å². The van der Waals surface area contributed by atoms with Gasteiger partial charge in [0.1, 0.15) is 5.70 Å². The first kappa shape index (κ1) is 18.4. The van der Waals surface area contributed by atoms with Gasteiger partial charge in [0, 0.05) is 10.8 Å². The quantitative estimate of drug-likeness (QED) is 0.850. The first-order chi connectivity index (χ1) is 13.7. The molecule has 2 heterocycles. The van der Waals surface area contributed by atoms with E-state index in [2.05, 4.69) is 10.4 Å². The Kier molecular flexibility index (Phi) is 4.95.